The van der Waals surface area contributed by atoms with Gasteiger partial charge in [0.2, 0.25) is 0 Å². The normalized spacial score (nSPS) is 14.8. The molecule has 2 atom stereocenters. The molecule has 0 bridgehead atoms. The van der Waals surface area contributed by atoms with E-state index in [1.807, 2.05) is 6.92 Å². The second-order valence-electron chi connectivity index (χ2n) is 4.36. The van der Waals surface area contributed by atoms with Gasteiger partial charge in [0.1, 0.15) is 0 Å². The molecular weight excluding hydrogens is 222 g/mol. The quantitative estimate of drug-likeness (QED) is 0.425. The molecule has 0 saturated heterocycles. The molecule has 0 aromatic heterocycles. The fraction of sp³-hybridized carbons (Fsp3) is 1.00. The smallest absolute Gasteiger partial charge is 0.0897 e. The van der Waals surface area contributed by atoms with Crippen molar-refractivity contribution in [1.29, 1.82) is 0 Å². The molecular formula is C12H27NO4. The van der Waals surface area contributed by atoms with Crippen LogP contribution in [0.4, 0.5) is 0 Å². The van der Waals surface area contributed by atoms with Gasteiger partial charge in [-0.15, -0.1) is 0 Å². The Bertz CT molecular complexity index is 157. The molecule has 0 saturated carbocycles. The molecule has 3 N–H and O–H groups in total. The van der Waals surface area contributed by atoms with Crippen LogP contribution in [0.5, 0.6) is 0 Å². The molecule has 0 radical (unpaired) electrons. The zero-order valence-electron chi connectivity index (χ0n) is 11.0. The summed E-state index contributed by atoms with van der Waals surface area (Å²) >= 11 is 0. The summed E-state index contributed by atoms with van der Waals surface area (Å²) in [5, 5.41) is 21.5. The van der Waals surface area contributed by atoms with E-state index >= 15 is 0 Å². The van der Waals surface area contributed by atoms with Gasteiger partial charge in [0.15, 0.2) is 0 Å². The Morgan fingerprint density at radius 2 is 2.06 bits per heavy atom. The second-order valence-corrected chi connectivity index (χ2v) is 4.36. The van der Waals surface area contributed by atoms with Crippen LogP contribution in [0.15, 0.2) is 0 Å². The van der Waals surface area contributed by atoms with Crippen LogP contribution in [-0.2, 0) is 9.47 Å². The summed E-state index contributed by atoms with van der Waals surface area (Å²) in [5.41, 5.74) is 0. The van der Waals surface area contributed by atoms with E-state index in [0.29, 0.717) is 32.3 Å². The van der Waals surface area contributed by atoms with Gasteiger partial charge in [-0.3, -0.25) is 0 Å². The van der Waals surface area contributed by atoms with Crippen molar-refractivity contribution < 1.29 is 19.7 Å². The SMILES string of the molecule is COCCOCC(O)CNCCCC(C)CO. The molecule has 0 aliphatic rings. The predicted molar refractivity (Wildman–Crippen MR) is 67.1 cm³/mol. The number of hydrogen-bond donors (Lipinski definition) is 3. The number of methoxy groups -OCH3 is 1. The van der Waals surface area contributed by atoms with Crippen molar-refractivity contribution >= 4 is 0 Å². The van der Waals surface area contributed by atoms with E-state index in [1.165, 1.54) is 0 Å². The van der Waals surface area contributed by atoms with E-state index in [2.05, 4.69) is 5.32 Å². The molecule has 17 heavy (non-hydrogen) atoms. The van der Waals surface area contributed by atoms with Crippen molar-refractivity contribution in [2.75, 3.05) is 46.6 Å². The first-order valence-electron chi connectivity index (χ1n) is 6.27. The average molecular weight is 249 g/mol. The third-order valence-corrected chi connectivity index (χ3v) is 2.48. The number of nitrogens with one attached hydrogen (secondary N) is 1. The molecule has 0 spiro atoms. The van der Waals surface area contributed by atoms with Gasteiger partial charge in [0.25, 0.3) is 0 Å². The lowest BCUT2D eigenvalue weighted by Gasteiger charge is -2.13. The lowest BCUT2D eigenvalue weighted by atomic mass is 10.1. The first-order chi connectivity index (χ1) is 8.20. The Labute approximate surface area is 104 Å². The van der Waals surface area contributed by atoms with E-state index in [1.54, 1.807) is 7.11 Å². The van der Waals surface area contributed by atoms with Gasteiger partial charge in [-0.25, -0.2) is 0 Å². The fourth-order valence-corrected chi connectivity index (χ4v) is 1.36. The van der Waals surface area contributed by atoms with E-state index in [-0.39, 0.29) is 6.61 Å². The number of aliphatic hydroxyl groups is 2. The average Bonchev–Trinajstić information content (AvgIpc) is 2.34. The lowest BCUT2D eigenvalue weighted by Crippen LogP contribution is -2.31. The van der Waals surface area contributed by atoms with Crippen LogP contribution in [0.25, 0.3) is 0 Å². The zero-order valence-corrected chi connectivity index (χ0v) is 11.0. The van der Waals surface area contributed by atoms with E-state index in [4.69, 9.17) is 14.6 Å². The number of rotatable bonds is 12. The standard InChI is InChI=1S/C12H27NO4/c1-11(9-14)4-3-5-13-8-12(15)10-17-7-6-16-2/h11-15H,3-10H2,1-2H3. The molecule has 0 aromatic carbocycles. The van der Waals surface area contributed by atoms with Crippen molar-refractivity contribution in [3.8, 4) is 0 Å². The van der Waals surface area contributed by atoms with Gasteiger partial charge in [-0.1, -0.05) is 6.92 Å². The summed E-state index contributed by atoms with van der Waals surface area (Å²) in [5.74, 6) is 0.360. The van der Waals surface area contributed by atoms with Crippen LogP contribution in [0.1, 0.15) is 19.8 Å². The Morgan fingerprint density at radius 3 is 2.71 bits per heavy atom. The lowest BCUT2D eigenvalue weighted by molar-refractivity contribution is 0.0138. The van der Waals surface area contributed by atoms with E-state index < -0.39 is 6.10 Å². The number of ether oxygens (including phenoxy) is 2. The fourth-order valence-electron chi connectivity index (χ4n) is 1.36. The Hall–Kier alpha value is -0.200. The van der Waals surface area contributed by atoms with E-state index in [0.717, 1.165) is 19.4 Å². The van der Waals surface area contributed by atoms with Crippen LogP contribution in [0.2, 0.25) is 0 Å². The molecule has 0 heterocycles. The maximum atomic E-state index is 9.53. The third-order valence-electron chi connectivity index (χ3n) is 2.48. The molecule has 0 fully saturated rings. The topological polar surface area (TPSA) is 71.0 Å². The highest BCUT2D eigenvalue weighted by Crippen LogP contribution is 2.02. The molecule has 0 amide bonds. The molecule has 0 aliphatic heterocycles. The largest absolute Gasteiger partial charge is 0.396 e. The predicted octanol–water partition coefficient (Wildman–Crippen LogP) is 0.00850. The van der Waals surface area contributed by atoms with Crippen LogP contribution in [0.3, 0.4) is 0 Å². The Kier molecular flexibility index (Phi) is 12.1. The first kappa shape index (κ1) is 16.8. The minimum atomic E-state index is -0.470. The molecule has 5 heteroatoms. The van der Waals surface area contributed by atoms with Gasteiger partial charge in [0, 0.05) is 20.3 Å². The number of aliphatic hydroxyl groups excluding tert-OH is 2. The number of hydrogen-bond acceptors (Lipinski definition) is 5. The second kappa shape index (κ2) is 12.3. The molecule has 0 rings (SSSR count). The van der Waals surface area contributed by atoms with Crippen molar-refractivity contribution in [3.05, 3.63) is 0 Å². The van der Waals surface area contributed by atoms with Crippen molar-refractivity contribution in [2.24, 2.45) is 5.92 Å². The first-order valence-corrected chi connectivity index (χ1v) is 6.27. The van der Waals surface area contributed by atoms with Crippen LogP contribution >= 0.6 is 0 Å². The van der Waals surface area contributed by atoms with Crippen LogP contribution in [0, 0.1) is 5.92 Å². The van der Waals surface area contributed by atoms with Gasteiger partial charge in [-0.2, -0.15) is 0 Å². The molecule has 0 aliphatic carbocycles. The highest BCUT2D eigenvalue weighted by molar-refractivity contribution is 4.59. The Balaban J connectivity index is 3.18. The summed E-state index contributed by atoms with van der Waals surface area (Å²) in [4.78, 5) is 0. The van der Waals surface area contributed by atoms with Crippen molar-refractivity contribution in [2.45, 2.75) is 25.9 Å². The summed E-state index contributed by atoms with van der Waals surface area (Å²) in [7, 11) is 1.62. The summed E-state index contributed by atoms with van der Waals surface area (Å²) in [6.07, 6.45) is 1.55. The minimum absolute atomic E-state index is 0.246. The Morgan fingerprint density at radius 1 is 1.29 bits per heavy atom. The highest BCUT2D eigenvalue weighted by Gasteiger charge is 2.04. The summed E-state index contributed by atoms with van der Waals surface area (Å²) < 4.78 is 10.0. The third kappa shape index (κ3) is 12.1. The van der Waals surface area contributed by atoms with Crippen LogP contribution in [-0.4, -0.2) is 62.9 Å². The monoisotopic (exact) mass is 249 g/mol. The van der Waals surface area contributed by atoms with Gasteiger partial charge in [0.05, 0.1) is 25.9 Å². The van der Waals surface area contributed by atoms with Crippen LogP contribution < -0.4 is 5.32 Å². The molecule has 5 nitrogen and oxygen atoms in total. The maximum Gasteiger partial charge on any atom is 0.0897 e. The summed E-state index contributed by atoms with van der Waals surface area (Å²) in [6.45, 7) is 5.08. The van der Waals surface area contributed by atoms with Gasteiger partial charge >= 0.3 is 0 Å². The van der Waals surface area contributed by atoms with Gasteiger partial charge < -0.3 is 25.0 Å². The zero-order chi connectivity index (χ0) is 12.9. The van der Waals surface area contributed by atoms with Gasteiger partial charge in [-0.05, 0) is 25.3 Å². The molecule has 104 valence electrons. The maximum absolute atomic E-state index is 9.53. The summed E-state index contributed by atoms with van der Waals surface area (Å²) in [6, 6.07) is 0. The highest BCUT2D eigenvalue weighted by atomic mass is 16.5. The minimum Gasteiger partial charge on any atom is -0.396 e. The molecule has 2 unspecified atom stereocenters. The van der Waals surface area contributed by atoms with Crippen molar-refractivity contribution in [1.82, 2.24) is 5.32 Å². The molecule has 0 aromatic rings. The van der Waals surface area contributed by atoms with E-state index in [9.17, 15) is 5.11 Å². The van der Waals surface area contributed by atoms with Crippen molar-refractivity contribution in [3.63, 3.8) is 0 Å².